The summed E-state index contributed by atoms with van der Waals surface area (Å²) in [6, 6.07) is 11.5. The van der Waals surface area contributed by atoms with Gasteiger partial charge >= 0.3 is 0 Å². The fourth-order valence-corrected chi connectivity index (χ4v) is 2.10. The Morgan fingerprint density at radius 1 is 0.944 bits per heavy atom. The smallest absolute Gasteiger partial charge is 0.0149 e. The molecule has 0 unspecified atom stereocenters. The summed E-state index contributed by atoms with van der Waals surface area (Å²) in [4.78, 5) is 0. The Morgan fingerprint density at radius 2 is 1.72 bits per heavy atom. The third kappa shape index (κ3) is 8.11. The van der Waals surface area contributed by atoms with E-state index >= 15 is 0 Å². The molecule has 0 N–H and O–H groups in total. The quantitative estimate of drug-likeness (QED) is 0.364. The van der Waals surface area contributed by atoms with Crippen LogP contribution in [0.4, 0.5) is 0 Å². The van der Waals surface area contributed by atoms with Crippen LogP contribution in [-0.2, 0) is 6.42 Å². The lowest BCUT2D eigenvalue weighted by molar-refractivity contribution is 0.611. The molecule has 1 aromatic rings. The first kappa shape index (κ1) is 15.0. The van der Waals surface area contributed by atoms with Crippen LogP contribution in [-0.4, -0.2) is 0 Å². The largest absolute Gasteiger partial charge is 0.0885 e. The zero-order chi connectivity index (χ0) is 12.9. The van der Waals surface area contributed by atoms with E-state index in [1.807, 2.05) is 12.1 Å². The normalized spacial score (nSPS) is 11.2. The van der Waals surface area contributed by atoms with Gasteiger partial charge in [0.25, 0.3) is 0 Å². The topological polar surface area (TPSA) is 0 Å². The molecular formula is C18H27. The van der Waals surface area contributed by atoms with E-state index in [2.05, 4.69) is 37.3 Å². The molecule has 0 atom stereocenters. The minimum Gasteiger partial charge on any atom is -0.0885 e. The summed E-state index contributed by atoms with van der Waals surface area (Å²) >= 11 is 0. The van der Waals surface area contributed by atoms with E-state index in [1.165, 1.54) is 50.5 Å². The standard InChI is InChI=1S/C18H27/c1-2-3-4-5-6-7-8-9-10-12-15-18-16-13-11-14-17-18/h9-11,13-14,16H,2-8,12,15H2,1H3. The molecule has 18 heavy (non-hydrogen) atoms. The lowest BCUT2D eigenvalue weighted by Crippen LogP contribution is -1.82. The predicted molar refractivity (Wildman–Crippen MR) is 80.7 cm³/mol. The van der Waals surface area contributed by atoms with Crippen molar-refractivity contribution in [1.29, 1.82) is 0 Å². The van der Waals surface area contributed by atoms with Gasteiger partial charge in [-0.25, -0.2) is 0 Å². The highest BCUT2D eigenvalue weighted by Gasteiger charge is 1.90. The van der Waals surface area contributed by atoms with Crippen molar-refractivity contribution >= 4 is 0 Å². The van der Waals surface area contributed by atoms with Crippen LogP contribution in [0.3, 0.4) is 0 Å². The van der Waals surface area contributed by atoms with Gasteiger partial charge in [0.2, 0.25) is 0 Å². The van der Waals surface area contributed by atoms with Gasteiger partial charge in [-0.1, -0.05) is 75.4 Å². The molecule has 0 heteroatoms. The summed E-state index contributed by atoms with van der Waals surface area (Å²) in [6.07, 6.45) is 16.5. The van der Waals surface area contributed by atoms with Gasteiger partial charge in [-0.3, -0.25) is 0 Å². The number of benzene rings is 1. The zero-order valence-corrected chi connectivity index (χ0v) is 11.8. The molecule has 1 radical (unpaired) electrons. The van der Waals surface area contributed by atoms with Crippen molar-refractivity contribution in [2.24, 2.45) is 0 Å². The minimum atomic E-state index is 1.12. The Balaban J connectivity index is 1.92. The third-order valence-electron chi connectivity index (χ3n) is 3.24. The van der Waals surface area contributed by atoms with Crippen LogP contribution in [0.25, 0.3) is 0 Å². The van der Waals surface area contributed by atoms with E-state index in [0.717, 1.165) is 12.8 Å². The van der Waals surface area contributed by atoms with Crippen LogP contribution < -0.4 is 0 Å². The Bertz CT molecular complexity index is 297. The molecule has 0 heterocycles. The van der Waals surface area contributed by atoms with Gasteiger partial charge in [-0.05, 0) is 37.3 Å². The second kappa shape index (κ2) is 11.1. The SMILES string of the molecule is CCCCCCCCC=CCCc1[c]cccc1. The Morgan fingerprint density at radius 3 is 2.50 bits per heavy atom. The molecule has 0 aliphatic heterocycles. The fraction of sp³-hybridized carbons (Fsp3) is 0.556. The predicted octanol–water partition coefficient (Wildman–Crippen LogP) is 5.73. The Hall–Kier alpha value is -1.04. The molecule has 99 valence electrons. The van der Waals surface area contributed by atoms with E-state index in [4.69, 9.17) is 0 Å². The lowest BCUT2D eigenvalue weighted by atomic mass is 10.1. The van der Waals surface area contributed by atoms with E-state index in [1.54, 1.807) is 0 Å². The number of rotatable bonds is 10. The molecule has 0 aliphatic carbocycles. The second-order valence-corrected chi connectivity index (χ2v) is 4.95. The summed E-state index contributed by atoms with van der Waals surface area (Å²) in [5.74, 6) is 0. The molecule has 0 saturated carbocycles. The average molecular weight is 243 g/mol. The highest BCUT2D eigenvalue weighted by Crippen LogP contribution is 2.08. The van der Waals surface area contributed by atoms with Crippen molar-refractivity contribution < 1.29 is 0 Å². The Labute approximate surface area is 113 Å². The van der Waals surface area contributed by atoms with Crippen molar-refractivity contribution in [1.82, 2.24) is 0 Å². The van der Waals surface area contributed by atoms with Gasteiger partial charge in [-0.15, -0.1) is 0 Å². The monoisotopic (exact) mass is 243 g/mol. The van der Waals surface area contributed by atoms with Gasteiger partial charge in [0, 0.05) is 0 Å². The molecule has 0 aromatic heterocycles. The molecule has 1 aromatic carbocycles. The van der Waals surface area contributed by atoms with Crippen molar-refractivity contribution in [3.63, 3.8) is 0 Å². The van der Waals surface area contributed by atoms with Crippen molar-refractivity contribution in [3.8, 4) is 0 Å². The average Bonchev–Trinajstić information content (AvgIpc) is 2.42. The van der Waals surface area contributed by atoms with Crippen LogP contribution in [0.1, 0.15) is 63.9 Å². The van der Waals surface area contributed by atoms with E-state index in [9.17, 15) is 0 Å². The second-order valence-electron chi connectivity index (χ2n) is 4.95. The first-order chi connectivity index (χ1) is 8.93. The first-order valence-electron chi connectivity index (χ1n) is 7.54. The van der Waals surface area contributed by atoms with Crippen LogP contribution in [0, 0.1) is 6.07 Å². The lowest BCUT2D eigenvalue weighted by Gasteiger charge is -1.98. The maximum atomic E-state index is 3.27. The van der Waals surface area contributed by atoms with E-state index in [0.29, 0.717) is 0 Å². The number of hydrogen-bond donors (Lipinski definition) is 0. The van der Waals surface area contributed by atoms with Gasteiger partial charge in [0.15, 0.2) is 0 Å². The van der Waals surface area contributed by atoms with Crippen LogP contribution >= 0.6 is 0 Å². The van der Waals surface area contributed by atoms with Gasteiger partial charge in [0.1, 0.15) is 0 Å². The fourth-order valence-electron chi connectivity index (χ4n) is 2.10. The van der Waals surface area contributed by atoms with Crippen LogP contribution in [0.15, 0.2) is 36.4 Å². The number of hydrogen-bond acceptors (Lipinski definition) is 0. The maximum absolute atomic E-state index is 3.27. The molecule has 0 saturated heterocycles. The van der Waals surface area contributed by atoms with Crippen LogP contribution in [0.5, 0.6) is 0 Å². The maximum Gasteiger partial charge on any atom is -0.0149 e. The molecule has 0 fully saturated rings. The number of aryl methyl sites for hydroxylation is 1. The first-order valence-corrected chi connectivity index (χ1v) is 7.54. The van der Waals surface area contributed by atoms with Crippen LogP contribution in [0.2, 0.25) is 0 Å². The highest BCUT2D eigenvalue weighted by atomic mass is 14.0. The molecule has 0 spiro atoms. The molecular weight excluding hydrogens is 216 g/mol. The Kier molecular flexibility index (Phi) is 9.24. The molecule has 1 rings (SSSR count). The van der Waals surface area contributed by atoms with Crippen molar-refractivity contribution in [2.75, 3.05) is 0 Å². The van der Waals surface area contributed by atoms with E-state index in [-0.39, 0.29) is 0 Å². The van der Waals surface area contributed by atoms with Gasteiger partial charge in [-0.2, -0.15) is 0 Å². The van der Waals surface area contributed by atoms with Crippen molar-refractivity contribution in [3.05, 3.63) is 48.0 Å². The molecule has 0 aliphatic rings. The summed E-state index contributed by atoms with van der Waals surface area (Å²) in [6.45, 7) is 2.27. The molecule has 0 nitrogen and oxygen atoms in total. The number of allylic oxidation sites excluding steroid dienone is 2. The summed E-state index contributed by atoms with van der Waals surface area (Å²) < 4.78 is 0. The summed E-state index contributed by atoms with van der Waals surface area (Å²) in [5, 5.41) is 0. The third-order valence-corrected chi connectivity index (χ3v) is 3.24. The minimum absolute atomic E-state index is 1.12. The summed E-state index contributed by atoms with van der Waals surface area (Å²) in [5.41, 5.74) is 1.32. The van der Waals surface area contributed by atoms with Crippen molar-refractivity contribution in [2.45, 2.75) is 64.7 Å². The van der Waals surface area contributed by atoms with E-state index < -0.39 is 0 Å². The summed E-state index contributed by atoms with van der Waals surface area (Å²) in [7, 11) is 0. The highest BCUT2D eigenvalue weighted by molar-refractivity contribution is 5.13. The molecule has 0 bridgehead atoms. The van der Waals surface area contributed by atoms with Gasteiger partial charge < -0.3 is 0 Å². The molecule has 0 amide bonds. The van der Waals surface area contributed by atoms with Gasteiger partial charge in [0.05, 0.1) is 0 Å². The zero-order valence-electron chi connectivity index (χ0n) is 11.8. The number of unbranched alkanes of at least 4 members (excludes halogenated alkanes) is 6.